The molecule has 0 bridgehead atoms. The molecule has 0 atom stereocenters. The highest BCUT2D eigenvalue weighted by atomic mass is 16.5. The molecule has 0 radical (unpaired) electrons. The highest BCUT2D eigenvalue weighted by Crippen LogP contribution is 2.08. The zero-order valence-corrected chi connectivity index (χ0v) is 11.5. The maximum absolute atomic E-state index is 11.4. The maximum atomic E-state index is 11.4. The molecule has 1 heterocycles. The predicted molar refractivity (Wildman–Crippen MR) is 70.6 cm³/mol. The van der Waals surface area contributed by atoms with E-state index in [-0.39, 0.29) is 12.5 Å². The Hall–Kier alpha value is -0.650. The van der Waals surface area contributed by atoms with Crippen LogP contribution in [-0.2, 0) is 14.3 Å². The molecule has 0 saturated carbocycles. The molecule has 1 aliphatic rings. The third-order valence-electron chi connectivity index (χ3n) is 3.09. The van der Waals surface area contributed by atoms with Gasteiger partial charge in [0.2, 0.25) is 5.91 Å². The average molecular weight is 258 g/mol. The van der Waals surface area contributed by atoms with Crippen molar-refractivity contribution in [3.8, 4) is 0 Å². The standard InChI is InChI=1S/C13H26N2O3/c1-17-10-11-18-12-13(16)14-6-5-9-15-7-3-2-4-8-15/h2-12H2,1H3,(H,14,16). The first kappa shape index (κ1) is 15.4. The second-order valence-corrected chi connectivity index (χ2v) is 4.65. The first-order valence-corrected chi connectivity index (χ1v) is 6.88. The Morgan fingerprint density at radius 3 is 2.72 bits per heavy atom. The molecule has 1 N–H and O–H groups in total. The number of carbonyl (C=O) groups is 1. The summed E-state index contributed by atoms with van der Waals surface area (Å²) in [4.78, 5) is 13.8. The van der Waals surface area contributed by atoms with E-state index in [9.17, 15) is 4.79 Å². The summed E-state index contributed by atoms with van der Waals surface area (Å²) < 4.78 is 9.96. The molecule has 1 amide bonds. The van der Waals surface area contributed by atoms with Crippen LogP contribution >= 0.6 is 0 Å². The molecule has 0 aromatic heterocycles. The van der Waals surface area contributed by atoms with Crippen LogP contribution < -0.4 is 5.32 Å². The van der Waals surface area contributed by atoms with Crippen LogP contribution in [0.3, 0.4) is 0 Å². The highest BCUT2D eigenvalue weighted by Gasteiger charge is 2.09. The highest BCUT2D eigenvalue weighted by molar-refractivity contribution is 5.77. The minimum Gasteiger partial charge on any atom is -0.382 e. The smallest absolute Gasteiger partial charge is 0.246 e. The van der Waals surface area contributed by atoms with Crippen molar-refractivity contribution in [3.63, 3.8) is 0 Å². The number of piperidine rings is 1. The fraction of sp³-hybridized carbons (Fsp3) is 0.923. The quantitative estimate of drug-likeness (QED) is 0.617. The number of nitrogens with zero attached hydrogens (tertiary/aromatic N) is 1. The van der Waals surface area contributed by atoms with Gasteiger partial charge in [-0.1, -0.05) is 6.42 Å². The Kier molecular flexibility index (Phi) is 8.81. The van der Waals surface area contributed by atoms with Gasteiger partial charge in [0, 0.05) is 13.7 Å². The fourth-order valence-corrected chi connectivity index (χ4v) is 2.07. The first-order chi connectivity index (χ1) is 8.83. The summed E-state index contributed by atoms with van der Waals surface area (Å²) in [5.74, 6) is -0.0373. The molecular weight excluding hydrogens is 232 g/mol. The molecule has 0 spiro atoms. The molecule has 18 heavy (non-hydrogen) atoms. The number of nitrogens with one attached hydrogen (secondary N) is 1. The van der Waals surface area contributed by atoms with Gasteiger partial charge in [0.05, 0.1) is 13.2 Å². The van der Waals surface area contributed by atoms with Gasteiger partial charge in [-0.2, -0.15) is 0 Å². The van der Waals surface area contributed by atoms with Crippen LogP contribution in [0.2, 0.25) is 0 Å². The zero-order valence-electron chi connectivity index (χ0n) is 11.5. The summed E-state index contributed by atoms with van der Waals surface area (Å²) in [7, 11) is 1.62. The van der Waals surface area contributed by atoms with E-state index in [1.165, 1.54) is 32.4 Å². The molecule has 1 saturated heterocycles. The molecule has 0 aromatic carbocycles. The third kappa shape index (κ3) is 7.63. The van der Waals surface area contributed by atoms with Gasteiger partial charge in [-0.25, -0.2) is 0 Å². The van der Waals surface area contributed by atoms with Gasteiger partial charge >= 0.3 is 0 Å². The average Bonchev–Trinajstić information content (AvgIpc) is 2.41. The van der Waals surface area contributed by atoms with Crippen molar-refractivity contribution in [3.05, 3.63) is 0 Å². The normalized spacial score (nSPS) is 16.7. The molecule has 1 fully saturated rings. The number of ether oxygens (including phenoxy) is 2. The van der Waals surface area contributed by atoms with Crippen molar-refractivity contribution in [2.75, 3.05) is 53.1 Å². The second-order valence-electron chi connectivity index (χ2n) is 4.65. The van der Waals surface area contributed by atoms with Crippen LogP contribution in [0.15, 0.2) is 0 Å². The zero-order chi connectivity index (χ0) is 13.1. The van der Waals surface area contributed by atoms with Gasteiger partial charge in [0.15, 0.2) is 0 Å². The van der Waals surface area contributed by atoms with Crippen LogP contribution in [0.1, 0.15) is 25.7 Å². The van der Waals surface area contributed by atoms with E-state index < -0.39 is 0 Å². The topological polar surface area (TPSA) is 50.8 Å². The molecule has 0 aliphatic carbocycles. The van der Waals surface area contributed by atoms with Crippen LogP contribution in [0.25, 0.3) is 0 Å². The summed E-state index contributed by atoms with van der Waals surface area (Å²) in [6, 6.07) is 0. The number of hydrogen-bond acceptors (Lipinski definition) is 4. The van der Waals surface area contributed by atoms with E-state index in [1.807, 2.05) is 0 Å². The van der Waals surface area contributed by atoms with Gasteiger partial charge in [0.1, 0.15) is 6.61 Å². The van der Waals surface area contributed by atoms with E-state index in [1.54, 1.807) is 7.11 Å². The minimum atomic E-state index is -0.0373. The number of methoxy groups -OCH3 is 1. The van der Waals surface area contributed by atoms with E-state index in [0.717, 1.165) is 19.5 Å². The largest absolute Gasteiger partial charge is 0.382 e. The molecule has 5 nitrogen and oxygen atoms in total. The van der Waals surface area contributed by atoms with Crippen molar-refractivity contribution in [2.24, 2.45) is 0 Å². The fourth-order valence-electron chi connectivity index (χ4n) is 2.07. The van der Waals surface area contributed by atoms with E-state index in [0.29, 0.717) is 13.2 Å². The summed E-state index contributed by atoms with van der Waals surface area (Å²) in [6.45, 7) is 5.39. The van der Waals surface area contributed by atoms with Crippen LogP contribution in [0, 0.1) is 0 Å². The second kappa shape index (κ2) is 10.3. The lowest BCUT2D eigenvalue weighted by Gasteiger charge is -2.26. The van der Waals surface area contributed by atoms with Crippen molar-refractivity contribution in [1.29, 1.82) is 0 Å². The van der Waals surface area contributed by atoms with Crippen molar-refractivity contribution in [2.45, 2.75) is 25.7 Å². The SMILES string of the molecule is COCCOCC(=O)NCCCN1CCCCC1. The van der Waals surface area contributed by atoms with Crippen LogP contribution in [0.5, 0.6) is 0 Å². The molecule has 5 heteroatoms. The number of amides is 1. The number of likely N-dealkylation sites (tertiary alicyclic amines) is 1. The van der Waals surface area contributed by atoms with E-state index >= 15 is 0 Å². The summed E-state index contributed by atoms with van der Waals surface area (Å²) in [5, 5.41) is 2.87. The number of hydrogen-bond donors (Lipinski definition) is 1. The molecular formula is C13H26N2O3. The summed E-state index contributed by atoms with van der Waals surface area (Å²) in [6.07, 6.45) is 5.02. The molecule has 1 aliphatic heterocycles. The van der Waals surface area contributed by atoms with Gasteiger partial charge in [0.25, 0.3) is 0 Å². The van der Waals surface area contributed by atoms with E-state index in [2.05, 4.69) is 10.2 Å². The lowest BCUT2D eigenvalue weighted by Crippen LogP contribution is -2.34. The molecule has 0 unspecified atom stereocenters. The van der Waals surface area contributed by atoms with Gasteiger partial charge < -0.3 is 19.7 Å². The van der Waals surface area contributed by atoms with Crippen molar-refractivity contribution < 1.29 is 14.3 Å². The van der Waals surface area contributed by atoms with E-state index in [4.69, 9.17) is 9.47 Å². The summed E-state index contributed by atoms with van der Waals surface area (Å²) in [5.41, 5.74) is 0. The Bertz CT molecular complexity index is 218. The molecule has 106 valence electrons. The van der Waals surface area contributed by atoms with Gasteiger partial charge in [-0.05, 0) is 38.9 Å². The monoisotopic (exact) mass is 258 g/mol. The minimum absolute atomic E-state index is 0.0373. The van der Waals surface area contributed by atoms with Gasteiger partial charge in [-0.15, -0.1) is 0 Å². The lowest BCUT2D eigenvalue weighted by molar-refractivity contribution is -0.126. The Morgan fingerprint density at radius 1 is 1.22 bits per heavy atom. The van der Waals surface area contributed by atoms with Crippen LogP contribution in [-0.4, -0.2) is 63.9 Å². The Balaban J connectivity index is 1.88. The Morgan fingerprint density at radius 2 is 2.00 bits per heavy atom. The lowest BCUT2D eigenvalue weighted by atomic mass is 10.1. The third-order valence-corrected chi connectivity index (χ3v) is 3.09. The molecule has 1 rings (SSSR count). The number of rotatable bonds is 9. The van der Waals surface area contributed by atoms with Crippen molar-refractivity contribution >= 4 is 5.91 Å². The van der Waals surface area contributed by atoms with Crippen LogP contribution in [0.4, 0.5) is 0 Å². The summed E-state index contributed by atoms with van der Waals surface area (Å²) >= 11 is 0. The number of carbonyl (C=O) groups excluding carboxylic acids is 1. The van der Waals surface area contributed by atoms with Gasteiger partial charge in [-0.3, -0.25) is 4.79 Å². The molecule has 0 aromatic rings. The first-order valence-electron chi connectivity index (χ1n) is 6.88. The predicted octanol–water partition coefficient (Wildman–Crippen LogP) is 0.642. The Labute approximate surface area is 110 Å². The van der Waals surface area contributed by atoms with Crippen molar-refractivity contribution in [1.82, 2.24) is 10.2 Å². The maximum Gasteiger partial charge on any atom is 0.246 e.